The molecule has 0 aliphatic rings. The van der Waals surface area contributed by atoms with Crippen molar-refractivity contribution in [3.8, 4) is 5.75 Å². The lowest BCUT2D eigenvalue weighted by molar-refractivity contribution is 0.448. The average Bonchev–Trinajstić information content (AvgIpc) is 2.61. The number of benzene rings is 2. The van der Waals surface area contributed by atoms with Crippen LogP contribution in [-0.4, -0.2) is 8.42 Å². The van der Waals surface area contributed by atoms with Gasteiger partial charge in [0.05, 0.1) is 0 Å². The van der Waals surface area contributed by atoms with Crippen LogP contribution >= 0.6 is 0 Å². The van der Waals surface area contributed by atoms with Gasteiger partial charge in [-0.2, -0.15) is 8.42 Å². The number of nitrogens with two attached hydrogens (primary N) is 1. The van der Waals surface area contributed by atoms with Crippen LogP contribution < -0.4 is 9.92 Å². The molecule has 0 aromatic heterocycles. The lowest BCUT2D eigenvalue weighted by atomic mass is 9.76. The van der Waals surface area contributed by atoms with Gasteiger partial charge in [0.2, 0.25) is 0 Å². The van der Waals surface area contributed by atoms with E-state index < -0.39 is 10.1 Å². The fourth-order valence-corrected chi connectivity index (χ4v) is 3.70. The van der Waals surface area contributed by atoms with E-state index in [4.69, 9.17) is 9.92 Å². The van der Waals surface area contributed by atoms with Crippen molar-refractivity contribution in [3.63, 3.8) is 0 Å². The van der Waals surface area contributed by atoms with Crippen molar-refractivity contribution >= 4 is 15.8 Å². The van der Waals surface area contributed by atoms with E-state index >= 15 is 0 Å². The summed E-state index contributed by atoms with van der Waals surface area (Å²) in [6, 6.07) is 11.9. The van der Waals surface area contributed by atoms with Crippen molar-refractivity contribution in [2.75, 3.05) is 5.73 Å². The largest absolute Gasteiger partial charge is 0.399 e. The number of hydrogen-bond acceptors (Lipinski definition) is 4. The first kappa shape index (κ1) is 21.3. The Morgan fingerprint density at radius 2 is 1.44 bits per heavy atom. The molecule has 0 bridgehead atoms. The van der Waals surface area contributed by atoms with Crippen molar-refractivity contribution in [1.29, 1.82) is 0 Å². The Morgan fingerprint density at radius 3 is 1.96 bits per heavy atom. The van der Waals surface area contributed by atoms with Crippen LogP contribution in [0.25, 0.3) is 0 Å². The zero-order valence-corrected chi connectivity index (χ0v) is 18.0. The van der Waals surface area contributed by atoms with Crippen molar-refractivity contribution in [3.05, 3.63) is 53.6 Å². The quantitative estimate of drug-likeness (QED) is 0.507. The Kier molecular flexibility index (Phi) is 5.95. The second-order valence-electron chi connectivity index (χ2n) is 8.29. The molecule has 148 valence electrons. The molecular weight excluding hydrogens is 358 g/mol. The van der Waals surface area contributed by atoms with Crippen molar-refractivity contribution < 1.29 is 12.6 Å². The molecule has 5 heteroatoms. The summed E-state index contributed by atoms with van der Waals surface area (Å²) in [5.41, 5.74) is 8.04. The van der Waals surface area contributed by atoms with Crippen LogP contribution in [0.5, 0.6) is 5.75 Å². The van der Waals surface area contributed by atoms with E-state index in [1.165, 1.54) is 17.7 Å². The fraction of sp³-hybridized carbons (Fsp3) is 0.455. The summed E-state index contributed by atoms with van der Waals surface area (Å²) >= 11 is 0. The van der Waals surface area contributed by atoms with E-state index in [2.05, 4.69) is 47.6 Å². The van der Waals surface area contributed by atoms with Gasteiger partial charge in [-0.3, -0.25) is 0 Å². The van der Waals surface area contributed by atoms with Gasteiger partial charge in [0.25, 0.3) is 0 Å². The van der Waals surface area contributed by atoms with Crippen LogP contribution in [0, 0.1) is 0 Å². The highest BCUT2D eigenvalue weighted by molar-refractivity contribution is 7.87. The third-order valence-corrected chi connectivity index (χ3v) is 6.87. The van der Waals surface area contributed by atoms with Gasteiger partial charge in [-0.05, 0) is 59.6 Å². The van der Waals surface area contributed by atoms with E-state index in [9.17, 15) is 8.42 Å². The Balaban J connectivity index is 2.54. The van der Waals surface area contributed by atoms with Crippen LogP contribution in [0.15, 0.2) is 47.4 Å². The van der Waals surface area contributed by atoms with Gasteiger partial charge >= 0.3 is 10.1 Å². The summed E-state index contributed by atoms with van der Waals surface area (Å²) in [6.45, 7) is 12.8. The van der Waals surface area contributed by atoms with Crippen molar-refractivity contribution in [2.24, 2.45) is 0 Å². The molecule has 0 fully saturated rings. The number of rotatable bonds is 7. The van der Waals surface area contributed by atoms with Crippen LogP contribution in [0.3, 0.4) is 0 Å². The highest BCUT2D eigenvalue weighted by atomic mass is 32.2. The minimum Gasteiger partial charge on any atom is -0.399 e. The summed E-state index contributed by atoms with van der Waals surface area (Å²) in [4.78, 5) is 0.0925. The molecule has 0 atom stereocenters. The molecule has 0 amide bonds. The normalized spacial score (nSPS) is 12.8. The van der Waals surface area contributed by atoms with Gasteiger partial charge in [-0.1, -0.05) is 53.7 Å². The summed E-state index contributed by atoms with van der Waals surface area (Å²) < 4.78 is 31.1. The van der Waals surface area contributed by atoms with Crippen LogP contribution in [0.2, 0.25) is 0 Å². The number of nitrogen functional groups attached to an aromatic ring is 1. The Bertz CT molecular complexity index is 898. The second kappa shape index (κ2) is 7.55. The van der Waals surface area contributed by atoms with Gasteiger partial charge in [0, 0.05) is 11.3 Å². The molecule has 0 spiro atoms. The maximum atomic E-state index is 12.8. The maximum absolute atomic E-state index is 12.8. The number of hydrogen-bond donors (Lipinski definition) is 1. The van der Waals surface area contributed by atoms with Crippen molar-refractivity contribution in [2.45, 2.75) is 70.1 Å². The van der Waals surface area contributed by atoms with Crippen LogP contribution in [-0.2, 0) is 20.9 Å². The van der Waals surface area contributed by atoms with Crippen LogP contribution in [0.1, 0.15) is 65.5 Å². The van der Waals surface area contributed by atoms with E-state index in [-0.39, 0.29) is 15.7 Å². The Morgan fingerprint density at radius 1 is 0.889 bits per heavy atom. The summed E-state index contributed by atoms with van der Waals surface area (Å²) in [5, 5.41) is 0. The second-order valence-corrected chi connectivity index (χ2v) is 9.84. The third kappa shape index (κ3) is 4.64. The molecule has 0 unspecified atom stereocenters. The first-order chi connectivity index (χ1) is 12.4. The zero-order valence-electron chi connectivity index (χ0n) is 17.2. The maximum Gasteiger partial charge on any atom is 0.339 e. The lowest BCUT2D eigenvalue weighted by Crippen LogP contribution is -2.22. The molecule has 0 heterocycles. The minimum atomic E-state index is -3.93. The van der Waals surface area contributed by atoms with Gasteiger partial charge in [0.15, 0.2) is 0 Å². The summed E-state index contributed by atoms with van der Waals surface area (Å²) in [5.74, 6) is 0.384. The topological polar surface area (TPSA) is 69.4 Å². The minimum absolute atomic E-state index is 0.00688. The third-order valence-electron chi connectivity index (χ3n) is 5.63. The standard InChI is InChI=1S/C22H31NO3S/c1-7-21(3,4)16-9-14-20(19(15-16)22(5,6)8-2)26-27(24,25)18-12-10-17(23)11-13-18/h9-15H,7-8,23H2,1-6H3. The van der Waals surface area contributed by atoms with Gasteiger partial charge < -0.3 is 9.92 Å². The van der Waals surface area contributed by atoms with Gasteiger partial charge in [-0.15, -0.1) is 0 Å². The van der Waals surface area contributed by atoms with E-state index in [0.717, 1.165) is 18.4 Å². The molecule has 0 aliphatic heterocycles. The molecule has 0 saturated carbocycles. The summed E-state index contributed by atoms with van der Waals surface area (Å²) in [7, 11) is -3.93. The molecular formula is C22H31NO3S. The van der Waals surface area contributed by atoms with E-state index in [1.54, 1.807) is 18.2 Å². The Labute approximate surface area is 163 Å². The first-order valence-corrected chi connectivity index (χ1v) is 10.8. The highest BCUT2D eigenvalue weighted by Crippen LogP contribution is 2.39. The molecule has 2 aromatic carbocycles. The molecule has 0 radical (unpaired) electrons. The van der Waals surface area contributed by atoms with E-state index in [1.807, 2.05) is 6.07 Å². The smallest absolute Gasteiger partial charge is 0.339 e. The Hall–Kier alpha value is -2.01. The van der Waals surface area contributed by atoms with Gasteiger partial charge in [0.1, 0.15) is 10.6 Å². The predicted octanol–water partition coefficient (Wildman–Crippen LogP) is 5.41. The number of anilines is 1. The van der Waals surface area contributed by atoms with Crippen molar-refractivity contribution in [1.82, 2.24) is 0 Å². The molecule has 4 nitrogen and oxygen atoms in total. The molecule has 2 rings (SSSR count). The fourth-order valence-electron chi connectivity index (χ4n) is 2.75. The zero-order chi connectivity index (χ0) is 20.5. The monoisotopic (exact) mass is 389 g/mol. The molecule has 0 aliphatic carbocycles. The van der Waals surface area contributed by atoms with Gasteiger partial charge in [-0.25, -0.2) is 0 Å². The highest BCUT2D eigenvalue weighted by Gasteiger charge is 2.29. The molecule has 0 saturated heterocycles. The summed E-state index contributed by atoms with van der Waals surface area (Å²) in [6.07, 6.45) is 1.85. The van der Waals surface area contributed by atoms with E-state index in [0.29, 0.717) is 11.4 Å². The molecule has 2 aromatic rings. The van der Waals surface area contributed by atoms with Crippen LogP contribution in [0.4, 0.5) is 5.69 Å². The predicted molar refractivity (Wildman–Crippen MR) is 112 cm³/mol. The first-order valence-electron chi connectivity index (χ1n) is 9.38. The SMILES string of the molecule is CCC(C)(C)c1ccc(OS(=O)(=O)c2ccc(N)cc2)c(C(C)(C)CC)c1. The average molecular weight is 390 g/mol. The molecule has 2 N–H and O–H groups in total. The molecule has 27 heavy (non-hydrogen) atoms. The lowest BCUT2D eigenvalue weighted by Gasteiger charge is -2.30.